The maximum absolute atomic E-state index is 11.6. The van der Waals surface area contributed by atoms with E-state index in [4.69, 9.17) is 9.47 Å². The molecule has 0 saturated carbocycles. The third-order valence-electron chi connectivity index (χ3n) is 5.63. The van der Waals surface area contributed by atoms with Crippen molar-refractivity contribution >= 4 is 5.97 Å². The van der Waals surface area contributed by atoms with Gasteiger partial charge in [0.25, 0.3) is 0 Å². The zero-order valence-electron chi connectivity index (χ0n) is 20.3. The van der Waals surface area contributed by atoms with Crippen LogP contribution >= 0.6 is 0 Å². The van der Waals surface area contributed by atoms with Gasteiger partial charge in [0, 0.05) is 11.6 Å². The number of hydrogen-bond donors (Lipinski definition) is 0. The molecule has 0 atom stereocenters. The fourth-order valence-electron chi connectivity index (χ4n) is 3.66. The fourth-order valence-corrected chi connectivity index (χ4v) is 3.66. The summed E-state index contributed by atoms with van der Waals surface area (Å²) in [7, 11) is 0. The average Bonchev–Trinajstić information content (AvgIpc) is 2.76. The van der Waals surface area contributed by atoms with E-state index in [0.717, 1.165) is 12.2 Å². The van der Waals surface area contributed by atoms with Gasteiger partial charge < -0.3 is 9.47 Å². The van der Waals surface area contributed by atoms with E-state index in [-0.39, 0.29) is 0 Å². The molecule has 0 radical (unpaired) electrons. The van der Waals surface area contributed by atoms with E-state index in [9.17, 15) is 4.79 Å². The number of rotatable bonds is 20. The Balaban J connectivity index is 1.90. The van der Waals surface area contributed by atoms with E-state index in [1.807, 2.05) is 12.1 Å². The van der Waals surface area contributed by atoms with Crippen LogP contribution in [0, 0.1) is 0 Å². The average molecular weight is 431 g/mol. The fraction of sp³-hybridized carbons (Fsp3) is 0.679. The van der Waals surface area contributed by atoms with Gasteiger partial charge in [-0.25, -0.2) is 4.79 Å². The minimum atomic E-state index is -0.407. The number of carbonyl (C=O) groups is 1. The van der Waals surface area contributed by atoms with Gasteiger partial charge in [-0.2, -0.15) is 0 Å². The molecule has 0 amide bonds. The van der Waals surface area contributed by atoms with Crippen LogP contribution < -0.4 is 9.47 Å². The Morgan fingerprint density at radius 3 is 1.68 bits per heavy atom. The van der Waals surface area contributed by atoms with Crippen molar-refractivity contribution < 1.29 is 14.3 Å². The highest BCUT2D eigenvalue weighted by molar-refractivity contribution is 5.88. The molecule has 1 rings (SSSR count). The molecule has 0 aliphatic rings. The van der Waals surface area contributed by atoms with Crippen LogP contribution in [0.25, 0.3) is 0 Å². The van der Waals surface area contributed by atoms with Crippen LogP contribution in [0.15, 0.2) is 36.4 Å². The van der Waals surface area contributed by atoms with Crippen molar-refractivity contribution in [3.8, 4) is 11.5 Å². The number of esters is 1. The molecule has 3 nitrogen and oxygen atoms in total. The number of hydrogen-bond acceptors (Lipinski definition) is 3. The van der Waals surface area contributed by atoms with Crippen LogP contribution in [0.1, 0.15) is 117 Å². The molecule has 0 aliphatic heterocycles. The zero-order chi connectivity index (χ0) is 22.6. The highest BCUT2D eigenvalue weighted by atomic mass is 16.5. The molecular formula is C28H46O3. The van der Waals surface area contributed by atoms with Crippen molar-refractivity contribution in [1.29, 1.82) is 0 Å². The third kappa shape index (κ3) is 15.6. The van der Waals surface area contributed by atoms with E-state index in [1.54, 1.807) is 19.1 Å². The van der Waals surface area contributed by atoms with Crippen LogP contribution in [0.2, 0.25) is 0 Å². The highest BCUT2D eigenvalue weighted by Crippen LogP contribution is 2.21. The predicted molar refractivity (Wildman–Crippen MR) is 132 cm³/mol. The van der Waals surface area contributed by atoms with Gasteiger partial charge in [-0.05, 0) is 25.5 Å². The van der Waals surface area contributed by atoms with Gasteiger partial charge in [-0.1, -0.05) is 116 Å². The minimum absolute atomic E-state index is 0.388. The summed E-state index contributed by atoms with van der Waals surface area (Å²) in [4.78, 5) is 11.6. The monoisotopic (exact) mass is 430 g/mol. The second-order valence-electron chi connectivity index (χ2n) is 8.80. The van der Waals surface area contributed by atoms with Crippen molar-refractivity contribution in [2.75, 3.05) is 6.61 Å². The van der Waals surface area contributed by atoms with Crippen molar-refractivity contribution in [2.45, 2.75) is 117 Å². The quantitative estimate of drug-likeness (QED) is 0.0897. The Kier molecular flexibility index (Phi) is 16.7. The molecule has 0 spiro atoms. The van der Waals surface area contributed by atoms with Crippen LogP contribution in [0.5, 0.6) is 11.5 Å². The van der Waals surface area contributed by atoms with E-state index in [0.29, 0.717) is 17.9 Å². The second-order valence-corrected chi connectivity index (χ2v) is 8.80. The first-order chi connectivity index (χ1) is 15.1. The number of carbonyl (C=O) groups excluding carboxylic acids is 1. The molecular weight excluding hydrogens is 384 g/mol. The molecule has 1 aromatic carbocycles. The highest BCUT2D eigenvalue weighted by Gasteiger charge is 2.06. The first kappa shape index (κ1) is 27.3. The Hall–Kier alpha value is -1.77. The van der Waals surface area contributed by atoms with Gasteiger partial charge >= 0.3 is 5.97 Å². The van der Waals surface area contributed by atoms with E-state index < -0.39 is 5.97 Å². The van der Waals surface area contributed by atoms with Crippen LogP contribution in [-0.2, 0) is 4.79 Å². The number of ether oxygens (including phenoxy) is 2. The predicted octanol–water partition coefficient (Wildman–Crippen LogP) is 8.81. The Labute approximate surface area is 191 Å². The maximum Gasteiger partial charge on any atom is 0.338 e. The SMILES string of the molecule is C=C(C)C(=O)Oc1cccc(OCCCCCCCCCCCCCCCCCC)c1. The standard InChI is InChI=1S/C28H46O3/c1-4-5-6-7-8-9-10-11-12-13-14-15-16-17-18-19-23-30-26-21-20-22-27(24-26)31-28(29)25(2)3/h20-22,24H,2,4-19,23H2,1,3H3. The summed E-state index contributed by atoms with van der Waals surface area (Å²) in [6.45, 7) is 8.22. The topological polar surface area (TPSA) is 35.5 Å². The van der Waals surface area contributed by atoms with E-state index >= 15 is 0 Å². The number of benzene rings is 1. The number of unbranched alkanes of at least 4 members (excludes halogenated alkanes) is 15. The summed E-state index contributed by atoms with van der Waals surface area (Å²) in [5.74, 6) is 0.834. The molecule has 3 heteroatoms. The molecule has 0 fully saturated rings. The van der Waals surface area contributed by atoms with Crippen molar-refractivity contribution in [2.24, 2.45) is 0 Å². The zero-order valence-corrected chi connectivity index (χ0v) is 20.3. The Bertz CT molecular complexity index is 594. The third-order valence-corrected chi connectivity index (χ3v) is 5.63. The summed E-state index contributed by atoms with van der Waals surface area (Å²) >= 11 is 0. The Morgan fingerprint density at radius 1 is 0.742 bits per heavy atom. The lowest BCUT2D eigenvalue weighted by Crippen LogP contribution is -2.08. The Morgan fingerprint density at radius 2 is 1.19 bits per heavy atom. The lowest BCUT2D eigenvalue weighted by molar-refractivity contribution is -0.130. The summed E-state index contributed by atoms with van der Waals surface area (Å²) in [6, 6.07) is 7.24. The molecule has 0 heterocycles. The van der Waals surface area contributed by atoms with Gasteiger partial charge in [-0.15, -0.1) is 0 Å². The van der Waals surface area contributed by atoms with Gasteiger partial charge in [0.05, 0.1) is 6.61 Å². The molecule has 0 saturated heterocycles. The molecule has 31 heavy (non-hydrogen) atoms. The maximum atomic E-state index is 11.6. The van der Waals surface area contributed by atoms with E-state index in [1.165, 1.54) is 96.3 Å². The van der Waals surface area contributed by atoms with Crippen LogP contribution in [-0.4, -0.2) is 12.6 Å². The molecule has 0 bridgehead atoms. The normalized spacial score (nSPS) is 10.8. The first-order valence-electron chi connectivity index (χ1n) is 12.7. The molecule has 0 unspecified atom stereocenters. The van der Waals surface area contributed by atoms with Gasteiger partial charge in [0.1, 0.15) is 11.5 Å². The van der Waals surface area contributed by atoms with E-state index in [2.05, 4.69) is 13.5 Å². The minimum Gasteiger partial charge on any atom is -0.493 e. The van der Waals surface area contributed by atoms with Crippen molar-refractivity contribution in [3.63, 3.8) is 0 Å². The molecule has 176 valence electrons. The summed E-state index contributed by atoms with van der Waals surface area (Å²) in [6.07, 6.45) is 21.9. The van der Waals surface area contributed by atoms with Crippen molar-refractivity contribution in [1.82, 2.24) is 0 Å². The summed E-state index contributed by atoms with van der Waals surface area (Å²) in [5, 5.41) is 0. The summed E-state index contributed by atoms with van der Waals surface area (Å²) < 4.78 is 11.0. The van der Waals surface area contributed by atoms with Gasteiger partial charge in [0.15, 0.2) is 0 Å². The lowest BCUT2D eigenvalue weighted by atomic mass is 10.0. The first-order valence-corrected chi connectivity index (χ1v) is 12.7. The molecule has 0 aromatic heterocycles. The molecule has 0 aliphatic carbocycles. The largest absolute Gasteiger partial charge is 0.493 e. The van der Waals surface area contributed by atoms with Crippen molar-refractivity contribution in [3.05, 3.63) is 36.4 Å². The summed E-state index contributed by atoms with van der Waals surface area (Å²) in [5.41, 5.74) is 0.388. The molecule has 1 aromatic rings. The molecule has 0 N–H and O–H groups in total. The smallest absolute Gasteiger partial charge is 0.338 e. The van der Waals surface area contributed by atoms with Crippen LogP contribution in [0.4, 0.5) is 0 Å². The second kappa shape index (κ2) is 19.0. The lowest BCUT2D eigenvalue weighted by Gasteiger charge is -2.08. The van der Waals surface area contributed by atoms with Gasteiger partial charge in [0.2, 0.25) is 0 Å². The van der Waals surface area contributed by atoms with Crippen LogP contribution in [0.3, 0.4) is 0 Å². The van der Waals surface area contributed by atoms with Gasteiger partial charge in [-0.3, -0.25) is 0 Å².